The van der Waals surface area contributed by atoms with Gasteiger partial charge in [0.25, 0.3) is 5.91 Å². The quantitative estimate of drug-likeness (QED) is 0.763. The third-order valence-corrected chi connectivity index (χ3v) is 3.04. The number of hydrogen-bond donors (Lipinski definition) is 2. The summed E-state index contributed by atoms with van der Waals surface area (Å²) in [5.41, 5.74) is 1.70. The van der Waals surface area contributed by atoms with E-state index in [1.807, 2.05) is 30.5 Å². The van der Waals surface area contributed by atoms with Crippen molar-refractivity contribution in [3.8, 4) is 0 Å². The lowest BCUT2D eigenvalue weighted by Crippen LogP contribution is -2.25. The van der Waals surface area contributed by atoms with Crippen molar-refractivity contribution in [3.05, 3.63) is 36.0 Å². The van der Waals surface area contributed by atoms with Crippen LogP contribution >= 0.6 is 0 Å². The molecule has 0 aliphatic rings. The van der Waals surface area contributed by atoms with Crippen LogP contribution in [0, 0.1) is 5.92 Å². The highest BCUT2D eigenvalue weighted by molar-refractivity contribution is 6.06. The molecule has 4 nitrogen and oxygen atoms in total. The summed E-state index contributed by atoms with van der Waals surface area (Å²) in [6, 6.07) is 7.63. The number of amides is 1. The molecule has 0 aliphatic heterocycles. The van der Waals surface area contributed by atoms with Crippen molar-refractivity contribution in [3.63, 3.8) is 0 Å². The van der Waals surface area contributed by atoms with Crippen molar-refractivity contribution in [2.45, 2.75) is 20.3 Å². The molecule has 20 heavy (non-hydrogen) atoms. The van der Waals surface area contributed by atoms with E-state index in [0.717, 1.165) is 23.9 Å². The fourth-order valence-corrected chi connectivity index (χ4v) is 2.07. The first-order chi connectivity index (χ1) is 9.68. The molecular weight excluding hydrogens is 252 g/mol. The van der Waals surface area contributed by atoms with Crippen LogP contribution in [-0.2, 0) is 4.74 Å². The van der Waals surface area contributed by atoms with Crippen LogP contribution in [0.15, 0.2) is 30.5 Å². The van der Waals surface area contributed by atoms with E-state index in [4.69, 9.17) is 4.74 Å². The smallest absolute Gasteiger partial charge is 0.251 e. The number of fused-ring (bicyclic) bond motifs is 1. The standard InChI is InChI=1S/C16H22N2O2/c1-12(2)11-20-10-4-8-18-16(19)14-5-3-6-15-13(14)7-9-17-15/h3,5-7,9,12,17H,4,8,10-11H2,1-2H3,(H,18,19). The van der Waals surface area contributed by atoms with Gasteiger partial charge in [-0.1, -0.05) is 19.9 Å². The number of H-pyrrole nitrogens is 1. The number of aromatic amines is 1. The average Bonchev–Trinajstić information content (AvgIpc) is 2.90. The Hall–Kier alpha value is -1.81. The molecule has 0 atom stereocenters. The molecule has 0 fully saturated rings. The lowest BCUT2D eigenvalue weighted by Gasteiger charge is -2.08. The Kier molecular flexibility index (Phi) is 5.18. The maximum atomic E-state index is 12.1. The first-order valence-electron chi connectivity index (χ1n) is 7.10. The Labute approximate surface area is 119 Å². The lowest BCUT2D eigenvalue weighted by atomic mass is 10.1. The molecule has 4 heteroatoms. The van der Waals surface area contributed by atoms with Crippen LogP contribution in [0.4, 0.5) is 0 Å². The average molecular weight is 274 g/mol. The van der Waals surface area contributed by atoms with Crippen LogP contribution in [0.25, 0.3) is 10.9 Å². The van der Waals surface area contributed by atoms with Gasteiger partial charge in [-0.3, -0.25) is 4.79 Å². The van der Waals surface area contributed by atoms with Crippen molar-refractivity contribution in [1.29, 1.82) is 0 Å². The van der Waals surface area contributed by atoms with E-state index in [0.29, 0.717) is 24.6 Å². The molecule has 1 amide bonds. The SMILES string of the molecule is CC(C)COCCCNC(=O)c1cccc2[nH]ccc12. The maximum Gasteiger partial charge on any atom is 0.251 e. The second-order valence-corrected chi connectivity index (χ2v) is 5.32. The van der Waals surface area contributed by atoms with E-state index < -0.39 is 0 Å². The first-order valence-corrected chi connectivity index (χ1v) is 7.10. The number of aromatic nitrogens is 1. The van der Waals surface area contributed by atoms with Crippen molar-refractivity contribution >= 4 is 16.8 Å². The summed E-state index contributed by atoms with van der Waals surface area (Å²) in [5.74, 6) is 0.523. The summed E-state index contributed by atoms with van der Waals surface area (Å²) >= 11 is 0. The lowest BCUT2D eigenvalue weighted by molar-refractivity contribution is 0.0926. The summed E-state index contributed by atoms with van der Waals surface area (Å²) in [6.07, 6.45) is 2.68. The Bertz CT molecular complexity index is 560. The Morgan fingerprint density at radius 3 is 3.00 bits per heavy atom. The Morgan fingerprint density at radius 1 is 1.35 bits per heavy atom. The van der Waals surface area contributed by atoms with Crippen molar-refractivity contribution < 1.29 is 9.53 Å². The maximum absolute atomic E-state index is 12.1. The normalized spacial score (nSPS) is 11.2. The molecule has 1 aromatic heterocycles. The molecule has 0 spiro atoms. The number of rotatable bonds is 7. The van der Waals surface area contributed by atoms with Crippen molar-refractivity contribution in [2.24, 2.45) is 5.92 Å². The van der Waals surface area contributed by atoms with Gasteiger partial charge in [0.05, 0.1) is 0 Å². The van der Waals surface area contributed by atoms with Gasteiger partial charge in [0.1, 0.15) is 0 Å². The number of hydrogen-bond acceptors (Lipinski definition) is 2. The van der Waals surface area contributed by atoms with Crippen LogP contribution in [0.5, 0.6) is 0 Å². The summed E-state index contributed by atoms with van der Waals surface area (Å²) in [5, 5.41) is 3.90. The molecule has 0 aliphatic carbocycles. The number of carbonyl (C=O) groups is 1. The van der Waals surface area contributed by atoms with Crippen LogP contribution in [-0.4, -0.2) is 30.6 Å². The highest BCUT2D eigenvalue weighted by atomic mass is 16.5. The molecule has 2 aromatic rings. The Morgan fingerprint density at radius 2 is 2.20 bits per heavy atom. The first kappa shape index (κ1) is 14.6. The Balaban J connectivity index is 1.79. The molecule has 0 radical (unpaired) electrons. The third-order valence-electron chi connectivity index (χ3n) is 3.04. The minimum absolute atomic E-state index is 0.0286. The minimum atomic E-state index is -0.0286. The summed E-state index contributed by atoms with van der Waals surface area (Å²) in [4.78, 5) is 15.2. The summed E-state index contributed by atoms with van der Waals surface area (Å²) in [6.45, 7) is 6.35. The zero-order valence-electron chi connectivity index (χ0n) is 12.1. The van der Waals surface area contributed by atoms with Gasteiger partial charge >= 0.3 is 0 Å². The molecule has 2 rings (SSSR count). The van der Waals surface area contributed by atoms with E-state index in [-0.39, 0.29) is 5.91 Å². The van der Waals surface area contributed by atoms with E-state index in [1.54, 1.807) is 0 Å². The second-order valence-electron chi connectivity index (χ2n) is 5.32. The van der Waals surface area contributed by atoms with Crippen LogP contribution in [0.2, 0.25) is 0 Å². The van der Waals surface area contributed by atoms with Gasteiger partial charge in [-0.2, -0.15) is 0 Å². The number of benzene rings is 1. The molecule has 0 unspecified atom stereocenters. The van der Waals surface area contributed by atoms with Gasteiger partial charge in [-0.05, 0) is 30.5 Å². The topological polar surface area (TPSA) is 54.1 Å². The number of ether oxygens (including phenoxy) is 1. The van der Waals surface area contributed by atoms with Gasteiger partial charge < -0.3 is 15.0 Å². The minimum Gasteiger partial charge on any atom is -0.381 e. The summed E-state index contributed by atoms with van der Waals surface area (Å²) < 4.78 is 5.48. The number of carbonyl (C=O) groups excluding carboxylic acids is 1. The molecule has 1 heterocycles. The largest absolute Gasteiger partial charge is 0.381 e. The third kappa shape index (κ3) is 3.84. The monoisotopic (exact) mass is 274 g/mol. The zero-order chi connectivity index (χ0) is 14.4. The van der Waals surface area contributed by atoms with E-state index >= 15 is 0 Å². The summed E-state index contributed by atoms with van der Waals surface area (Å²) in [7, 11) is 0. The van der Waals surface area contributed by atoms with Crippen LogP contribution in [0.1, 0.15) is 30.6 Å². The van der Waals surface area contributed by atoms with Gasteiger partial charge in [0, 0.05) is 42.4 Å². The highest BCUT2D eigenvalue weighted by Gasteiger charge is 2.09. The van der Waals surface area contributed by atoms with Crippen molar-refractivity contribution in [1.82, 2.24) is 10.3 Å². The fraction of sp³-hybridized carbons (Fsp3) is 0.438. The van der Waals surface area contributed by atoms with E-state index in [9.17, 15) is 4.79 Å². The predicted octanol–water partition coefficient (Wildman–Crippen LogP) is 2.96. The van der Waals surface area contributed by atoms with E-state index in [2.05, 4.69) is 24.1 Å². The molecule has 0 bridgehead atoms. The molecule has 0 saturated heterocycles. The number of nitrogens with one attached hydrogen (secondary N) is 2. The molecular formula is C16H22N2O2. The van der Waals surface area contributed by atoms with Crippen LogP contribution in [0.3, 0.4) is 0 Å². The highest BCUT2D eigenvalue weighted by Crippen LogP contribution is 2.16. The van der Waals surface area contributed by atoms with Gasteiger partial charge in [-0.15, -0.1) is 0 Å². The van der Waals surface area contributed by atoms with Gasteiger partial charge in [0.2, 0.25) is 0 Å². The molecule has 1 aromatic carbocycles. The van der Waals surface area contributed by atoms with Gasteiger partial charge in [-0.25, -0.2) is 0 Å². The van der Waals surface area contributed by atoms with Crippen molar-refractivity contribution in [2.75, 3.05) is 19.8 Å². The van der Waals surface area contributed by atoms with Crippen LogP contribution < -0.4 is 5.32 Å². The van der Waals surface area contributed by atoms with E-state index in [1.165, 1.54) is 0 Å². The predicted molar refractivity (Wildman–Crippen MR) is 80.9 cm³/mol. The molecule has 2 N–H and O–H groups in total. The molecule has 108 valence electrons. The zero-order valence-corrected chi connectivity index (χ0v) is 12.1. The van der Waals surface area contributed by atoms with Gasteiger partial charge in [0.15, 0.2) is 0 Å². The fourth-order valence-electron chi connectivity index (χ4n) is 2.07. The second kappa shape index (κ2) is 7.10. The molecule has 0 saturated carbocycles.